The van der Waals surface area contributed by atoms with E-state index >= 15 is 0 Å². The summed E-state index contributed by atoms with van der Waals surface area (Å²) in [5.74, 6) is -1.61. The summed E-state index contributed by atoms with van der Waals surface area (Å²) in [7, 11) is 0. The molecule has 0 aliphatic heterocycles. The van der Waals surface area contributed by atoms with Gasteiger partial charge in [0.2, 0.25) is 0 Å². The van der Waals surface area contributed by atoms with E-state index in [1.165, 1.54) is 0 Å². The molecule has 0 bridgehead atoms. The third kappa shape index (κ3) is 4.26. The minimum absolute atomic E-state index is 0.0877. The molecule has 0 N–H and O–H groups in total. The van der Waals surface area contributed by atoms with Gasteiger partial charge in [0.15, 0.2) is 5.75 Å². The number of rotatable bonds is 3. The van der Waals surface area contributed by atoms with E-state index in [9.17, 15) is 43.9 Å². The molecule has 2 aromatic rings. The third-order valence-corrected chi connectivity index (χ3v) is 4.06. The molecule has 28 heavy (non-hydrogen) atoms. The standard InChI is InChI=1S/C13H4ClF10IN2O/c14-7-1-5(10(15,11(16,17)18)12(19,20)21)2-8(28-13(22,23)24)9(7)27-4-6(25)3-26-27/h1-4H. The Morgan fingerprint density at radius 3 is 1.86 bits per heavy atom. The number of hydrogen-bond acceptors (Lipinski definition) is 2. The lowest BCUT2D eigenvalue weighted by molar-refractivity contribution is -0.348. The van der Waals surface area contributed by atoms with Crippen molar-refractivity contribution in [3.8, 4) is 11.4 Å². The van der Waals surface area contributed by atoms with Crippen LogP contribution in [0, 0.1) is 3.57 Å². The quantitative estimate of drug-likeness (QED) is 0.327. The first kappa shape index (κ1) is 22.8. The van der Waals surface area contributed by atoms with Gasteiger partial charge < -0.3 is 4.74 Å². The molecule has 0 atom stereocenters. The van der Waals surface area contributed by atoms with Gasteiger partial charge in [0, 0.05) is 11.8 Å². The topological polar surface area (TPSA) is 27.1 Å². The van der Waals surface area contributed by atoms with Crippen LogP contribution in [0.3, 0.4) is 0 Å². The first-order chi connectivity index (χ1) is 12.5. The van der Waals surface area contributed by atoms with Crippen LogP contribution in [0.2, 0.25) is 5.02 Å². The number of ether oxygens (including phenoxy) is 1. The molecular formula is C13H4ClF10IN2O. The van der Waals surface area contributed by atoms with Crippen LogP contribution in [0.15, 0.2) is 24.5 Å². The smallest absolute Gasteiger partial charge is 0.403 e. The fourth-order valence-electron chi connectivity index (χ4n) is 2.11. The van der Waals surface area contributed by atoms with Crippen LogP contribution in [0.4, 0.5) is 43.9 Å². The van der Waals surface area contributed by atoms with Gasteiger partial charge in [0.25, 0.3) is 0 Å². The summed E-state index contributed by atoms with van der Waals surface area (Å²) in [6, 6.07) is -0.458. The van der Waals surface area contributed by atoms with Gasteiger partial charge >= 0.3 is 24.4 Å². The van der Waals surface area contributed by atoms with Crippen LogP contribution in [-0.2, 0) is 5.67 Å². The lowest BCUT2D eigenvalue weighted by Gasteiger charge is -2.31. The van der Waals surface area contributed by atoms with Gasteiger partial charge in [-0.25, -0.2) is 9.07 Å². The van der Waals surface area contributed by atoms with Crippen molar-refractivity contribution in [2.75, 3.05) is 0 Å². The van der Waals surface area contributed by atoms with Crippen LogP contribution in [0.1, 0.15) is 5.56 Å². The molecule has 0 aliphatic rings. The Bertz CT molecular complexity index is 860. The molecule has 0 unspecified atom stereocenters. The second-order valence-electron chi connectivity index (χ2n) is 5.11. The Morgan fingerprint density at radius 1 is 0.929 bits per heavy atom. The molecule has 0 saturated heterocycles. The van der Waals surface area contributed by atoms with Crippen LogP contribution >= 0.6 is 34.2 Å². The van der Waals surface area contributed by atoms with Gasteiger partial charge in [0.1, 0.15) is 5.69 Å². The van der Waals surface area contributed by atoms with E-state index < -0.39 is 46.4 Å². The number of alkyl halides is 10. The highest BCUT2D eigenvalue weighted by Crippen LogP contribution is 2.54. The van der Waals surface area contributed by atoms with Gasteiger partial charge in [-0.3, -0.25) is 0 Å². The minimum Gasteiger partial charge on any atom is -0.403 e. The minimum atomic E-state index is -6.55. The van der Waals surface area contributed by atoms with Crippen molar-refractivity contribution >= 4 is 34.2 Å². The predicted molar refractivity (Wildman–Crippen MR) is 82.9 cm³/mol. The second kappa shape index (κ2) is 7.11. The Kier molecular flexibility index (Phi) is 5.80. The van der Waals surface area contributed by atoms with Crippen LogP contribution < -0.4 is 4.74 Å². The summed E-state index contributed by atoms with van der Waals surface area (Å²) in [5, 5.41) is 2.48. The van der Waals surface area contributed by atoms with Gasteiger partial charge in [0.05, 0.1) is 14.8 Å². The molecule has 156 valence electrons. The summed E-state index contributed by atoms with van der Waals surface area (Å²) in [6.07, 6.45) is -16.5. The third-order valence-electron chi connectivity index (χ3n) is 3.21. The summed E-state index contributed by atoms with van der Waals surface area (Å²) < 4.78 is 134. The summed E-state index contributed by atoms with van der Waals surface area (Å²) in [4.78, 5) is 0. The average molecular weight is 557 g/mol. The molecule has 0 spiro atoms. The van der Waals surface area contributed by atoms with Crippen molar-refractivity contribution in [2.45, 2.75) is 24.4 Å². The van der Waals surface area contributed by atoms with Gasteiger partial charge in [-0.2, -0.15) is 31.4 Å². The van der Waals surface area contributed by atoms with E-state index in [4.69, 9.17) is 11.6 Å². The molecular weight excluding hydrogens is 552 g/mol. The maximum atomic E-state index is 14.2. The molecule has 1 aromatic heterocycles. The van der Waals surface area contributed by atoms with E-state index in [-0.39, 0.29) is 12.1 Å². The molecule has 2 rings (SSSR count). The maximum Gasteiger partial charge on any atom is 0.573 e. The second-order valence-corrected chi connectivity index (χ2v) is 6.76. The van der Waals surface area contributed by atoms with E-state index in [1.807, 2.05) is 0 Å². The normalized spacial score (nSPS) is 13.7. The summed E-state index contributed by atoms with van der Waals surface area (Å²) in [6.45, 7) is 0. The highest BCUT2D eigenvalue weighted by Gasteiger charge is 2.73. The Balaban J connectivity index is 2.82. The molecule has 0 radical (unpaired) electrons. The zero-order valence-corrected chi connectivity index (χ0v) is 15.6. The molecule has 0 fully saturated rings. The van der Waals surface area contributed by atoms with Crippen molar-refractivity contribution in [2.24, 2.45) is 0 Å². The first-order valence-electron chi connectivity index (χ1n) is 6.60. The van der Waals surface area contributed by atoms with Gasteiger partial charge in [-0.1, -0.05) is 11.6 Å². The van der Waals surface area contributed by atoms with E-state index in [1.54, 1.807) is 22.6 Å². The summed E-state index contributed by atoms with van der Waals surface area (Å²) >= 11 is 7.27. The molecule has 3 nitrogen and oxygen atoms in total. The number of hydrogen-bond donors (Lipinski definition) is 0. The molecule has 0 amide bonds. The monoisotopic (exact) mass is 556 g/mol. The Hall–Kier alpha value is -1.45. The van der Waals surface area contributed by atoms with E-state index in [2.05, 4.69) is 9.84 Å². The number of halogens is 12. The van der Waals surface area contributed by atoms with Crippen molar-refractivity contribution in [1.82, 2.24) is 9.78 Å². The highest BCUT2D eigenvalue weighted by atomic mass is 127. The van der Waals surface area contributed by atoms with Crippen molar-refractivity contribution in [3.63, 3.8) is 0 Å². The average Bonchev–Trinajstić information content (AvgIpc) is 2.87. The zero-order valence-electron chi connectivity index (χ0n) is 12.6. The Labute approximate surface area is 167 Å². The molecule has 1 heterocycles. The zero-order chi connectivity index (χ0) is 21.7. The molecule has 15 heteroatoms. The Morgan fingerprint density at radius 2 is 1.46 bits per heavy atom. The van der Waals surface area contributed by atoms with Crippen molar-refractivity contribution < 1.29 is 48.6 Å². The lowest BCUT2D eigenvalue weighted by Crippen LogP contribution is -2.50. The number of aromatic nitrogens is 2. The largest absolute Gasteiger partial charge is 0.573 e. The number of benzene rings is 1. The highest BCUT2D eigenvalue weighted by molar-refractivity contribution is 14.1. The lowest BCUT2D eigenvalue weighted by atomic mass is 9.93. The predicted octanol–water partition coefficient (Wildman–Crippen LogP) is 6.32. The van der Waals surface area contributed by atoms with Crippen molar-refractivity contribution in [3.05, 3.63) is 38.7 Å². The fraction of sp³-hybridized carbons (Fsp3) is 0.308. The van der Waals surface area contributed by atoms with E-state index in [0.29, 0.717) is 8.25 Å². The van der Waals surface area contributed by atoms with Gasteiger partial charge in [-0.15, -0.1) is 13.2 Å². The van der Waals surface area contributed by atoms with Crippen molar-refractivity contribution in [1.29, 1.82) is 0 Å². The fourth-order valence-corrected chi connectivity index (χ4v) is 2.79. The summed E-state index contributed by atoms with van der Waals surface area (Å²) in [5.41, 5.74) is -9.07. The van der Waals surface area contributed by atoms with Crippen LogP contribution in [-0.4, -0.2) is 28.5 Å². The maximum absolute atomic E-state index is 14.2. The first-order valence-corrected chi connectivity index (χ1v) is 8.05. The molecule has 0 saturated carbocycles. The van der Waals surface area contributed by atoms with Crippen LogP contribution in [0.25, 0.3) is 5.69 Å². The molecule has 0 aliphatic carbocycles. The molecule has 1 aromatic carbocycles. The SMILES string of the molecule is FC(F)(F)Oc1cc(C(F)(C(F)(F)F)C(F)(F)F)cc(Cl)c1-n1cc(I)cn1. The van der Waals surface area contributed by atoms with E-state index in [0.717, 1.165) is 12.4 Å². The van der Waals surface area contributed by atoms with Gasteiger partial charge in [-0.05, 0) is 34.7 Å². The van der Waals surface area contributed by atoms with Crippen LogP contribution in [0.5, 0.6) is 5.75 Å². The number of nitrogens with zero attached hydrogens (tertiary/aromatic N) is 2.